The van der Waals surface area contributed by atoms with Crippen molar-refractivity contribution in [3.63, 3.8) is 0 Å². The Morgan fingerprint density at radius 3 is 2.25 bits per heavy atom. The molecule has 1 aromatic heterocycles. The number of nitrogens with one attached hydrogen (secondary N) is 2. The second-order valence-corrected chi connectivity index (χ2v) is 5.78. The fraction of sp³-hybridized carbons (Fsp3) is 0. The van der Waals surface area contributed by atoms with Crippen LogP contribution < -0.4 is 16.4 Å². The molecule has 0 saturated carbocycles. The van der Waals surface area contributed by atoms with Gasteiger partial charge in [-0.05, 0) is 42.5 Å². The van der Waals surface area contributed by atoms with Gasteiger partial charge in [-0.2, -0.15) is 0 Å². The van der Waals surface area contributed by atoms with Gasteiger partial charge in [0.2, 0.25) is 0 Å². The zero-order valence-electron chi connectivity index (χ0n) is 12.2. The van der Waals surface area contributed by atoms with Gasteiger partial charge in [0.25, 0.3) is 0 Å². The van der Waals surface area contributed by atoms with Gasteiger partial charge in [0, 0.05) is 10.2 Å². The van der Waals surface area contributed by atoms with Crippen LogP contribution >= 0.6 is 15.9 Å². The minimum atomic E-state index is -0.449. The van der Waals surface area contributed by atoms with Crippen LogP contribution in [0.3, 0.4) is 0 Å². The van der Waals surface area contributed by atoms with Crippen molar-refractivity contribution in [2.45, 2.75) is 0 Å². The molecular weight excluding hydrogens is 380 g/mol. The highest BCUT2D eigenvalue weighted by Gasteiger charge is 2.11. The summed E-state index contributed by atoms with van der Waals surface area (Å²) in [5.74, 6) is -0.202. The number of hydrogen-bond acceptors (Lipinski definition) is 5. The van der Waals surface area contributed by atoms with E-state index in [-0.39, 0.29) is 23.0 Å². The summed E-state index contributed by atoms with van der Waals surface area (Å²) in [7, 11) is 0. The molecule has 3 rings (SSSR count). The molecule has 0 aliphatic carbocycles. The van der Waals surface area contributed by atoms with Gasteiger partial charge >= 0.3 is 0 Å². The highest BCUT2D eigenvalue weighted by atomic mass is 79.9. The van der Waals surface area contributed by atoms with Gasteiger partial charge in [0.1, 0.15) is 23.6 Å². The summed E-state index contributed by atoms with van der Waals surface area (Å²) >= 11 is 3.20. The van der Waals surface area contributed by atoms with Gasteiger partial charge in [-0.25, -0.2) is 18.7 Å². The highest BCUT2D eigenvalue weighted by molar-refractivity contribution is 9.10. The molecule has 122 valence electrons. The fourth-order valence-electron chi connectivity index (χ4n) is 1.98. The van der Waals surface area contributed by atoms with Crippen LogP contribution in [0.5, 0.6) is 0 Å². The van der Waals surface area contributed by atoms with E-state index < -0.39 is 5.82 Å². The topological polar surface area (TPSA) is 75.9 Å². The second-order valence-electron chi connectivity index (χ2n) is 4.87. The Labute approximate surface area is 145 Å². The first-order chi connectivity index (χ1) is 11.5. The van der Waals surface area contributed by atoms with Crippen LogP contribution in [0.15, 0.2) is 53.3 Å². The van der Waals surface area contributed by atoms with Gasteiger partial charge < -0.3 is 16.4 Å². The summed E-state index contributed by atoms with van der Waals surface area (Å²) in [6, 6.07) is 10.3. The number of rotatable bonds is 4. The average Bonchev–Trinajstić information content (AvgIpc) is 2.55. The van der Waals surface area contributed by atoms with Crippen molar-refractivity contribution in [3.05, 3.63) is 64.9 Å². The lowest BCUT2D eigenvalue weighted by Crippen LogP contribution is -2.06. The maximum absolute atomic E-state index is 13.9. The molecule has 0 aliphatic heterocycles. The van der Waals surface area contributed by atoms with Crippen molar-refractivity contribution in [1.29, 1.82) is 0 Å². The molecule has 3 aromatic rings. The fourth-order valence-corrected chi connectivity index (χ4v) is 2.32. The molecule has 0 saturated heterocycles. The smallest absolute Gasteiger partial charge is 0.159 e. The van der Waals surface area contributed by atoms with Crippen molar-refractivity contribution in [3.8, 4) is 0 Å². The number of anilines is 5. The van der Waals surface area contributed by atoms with Crippen LogP contribution in [0.4, 0.5) is 37.5 Å². The van der Waals surface area contributed by atoms with Crippen LogP contribution in [-0.2, 0) is 0 Å². The minimum absolute atomic E-state index is 0.212. The summed E-state index contributed by atoms with van der Waals surface area (Å²) in [4.78, 5) is 8.08. The Morgan fingerprint density at radius 2 is 1.58 bits per heavy atom. The van der Waals surface area contributed by atoms with E-state index in [9.17, 15) is 8.78 Å². The normalized spacial score (nSPS) is 10.5. The maximum atomic E-state index is 13.9. The Morgan fingerprint density at radius 1 is 0.917 bits per heavy atom. The minimum Gasteiger partial charge on any atom is -0.393 e. The number of nitrogen functional groups attached to an aromatic ring is 1. The molecule has 1 heterocycles. The van der Waals surface area contributed by atoms with Crippen molar-refractivity contribution >= 4 is 44.6 Å². The van der Waals surface area contributed by atoms with Gasteiger partial charge in [-0.15, -0.1) is 0 Å². The summed E-state index contributed by atoms with van der Waals surface area (Å²) in [6.07, 6.45) is 1.29. The van der Waals surface area contributed by atoms with E-state index in [2.05, 4.69) is 36.5 Å². The van der Waals surface area contributed by atoms with E-state index >= 15 is 0 Å². The van der Waals surface area contributed by atoms with Crippen LogP contribution in [-0.4, -0.2) is 9.97 Å². The summed E-state index contributed by atoms with van der Waals surface area (Å²) in [5, 5.41) is 5.80. The monoisotopic (exact) mass is 391 g/mol. The van der Waals surface area contributed by atoms with Crippen molar-refractivity contribution in [2.24, 2.45) is 0 Å². The molecule has 0 spiro atoms. The van der Waals surface area contributed by atoms with Crippen molar-refractivity contribution in [2.75, 3.05) is 16.4 Å². The molecule has 0 fully saturated rings. The molecule has 0 atom stereocenters. The predicted molar refractivity (Wildman–Crippen MR) is 93.5 cm³/mol. The van der Waals surface area contributed by atoms with Gasteiger partial charge in [-0.1, -0.05) is 15.9 Å². The number of nitrogens with two attached hydrogens (primary N) is 1. The first-order valence-electron chi connectivity index (χ1n) is 6.88. The third kappa shape index (κ3) is 3.60. The lowest BCUT2D eigenvalue weighted by Gasteiger charge is -2.13. The van der Waals surface area contributed by atoms with E-state index in [1.165, 1.54) is 24.5 Å². The molecule has 0 amide bonds. The summed E-state index contributed by atoms with van der Waals surface area (Å²) in [6.45, 7) is 0. The predicted octanol–water partition coefficient (Wildman–Crippen LogP) is 4.59. The SMILES string of the molecule is Nc1c(Nc2ccc(F)cc2)ncnc1Nc1ccc(Br)cc1F. The zero-order chi connectivity index (χ0) is 17.1. The third-order valence-electron chi connectivity index (χ3n) is 3.18. The lowest BCUT2D eigenvalue weighted by molar-refractivity contribution is 0.628. The molecule has 0 bridgehead atoms. The standard InChI is InChI=1S/C16H12BrF2N5/c17-9-1-6-13(12(19)7-9)24-16-14(20)15(21-8-22-16)23-11-4-2-10(18)3-5-11/h1-8H,20H2,(H2,21,22,23,24). The quantitative estimate of drug-likeness (QED) is 0.606. The first-order valence-corrected chi connectivity index (χ1v) is 7.67. The van der Waals surface area contributed by atoms with E-state index in [1.807, 2.05) is 0 Å². The molecule has 0 unspecified atom stereocenters. The molecule has 5 nitrogen and oxygen atoms in total. The number of halogens is 3. The van der Waals surface area contributed by atoms with Crippen molar-refractivity contribution in [1.82, 2.24) is 9.97 Å². The molecule has 24 heavy (non-hydrogen) atoms. The number of nitrogens with zero attached hydrogens (tertiary/aromatic N) is 2. The van der Waals surface area contributed by atoms with Gasteiger partial charge in [0.15, 0.2) is 11.6 Å². The number of hydrogen-bond donors (Lipinski definition) is 3. The van der Waals surface area contributed by atoms with Gasteiger partial charge in [0.05, 0.1) is 5.69 Å². The van der Waals surface area contributed by atoms with E-state index in [0.717, 1.165) is 0 Å². The molecule has 8 heteroatoms. The number of aromatic nitrogens is 2. The van der Waals surface area contributed by atoms with Crippen LogP contribution in [0, 0.1) is 11.6 Å². The largest absolute Gasteiger partial charge is 0.393 e. The zero-order valence-corrected chi connectivity index (χ0v) is 13.8. The Bertz CT molecular complexity index is 871. The molecule has 0 aliphatic rings. The van der Waals surface area contributed by atoms with Gasteiger partial charge in [-0.3, -0.25) is 0 Å². The average molecular weight is 392 g/mol. The Balaban J connectivity index is 1.86. The molecule has 0 radical (unpaired) electrons. The molecule has 4 N–H and O–H groups in total. The third-order valence-corrected chi connectivity index (χ3v) is 3.67. The first kappa shape index (κ1) is 16.1. The maximum Gasteiger partial charge on any atom is 0.159 e. The van der Waals surface area contributed by atoms with E-state index in [4.69, 9.17) is 5.73 Å². The van der Waals surface area contributed by atoms with Crippen LogP contribution in [0.1, 0.15) is 0 Å². The highest BCUT2D eigenvalue weighted by Crippen LogP contribution is 2.29. The molecule has 2 aromatic carbocycles. The summed E-state index contributed by atoms with van der Waals surface area (Å²) < 4.78 is 27.5. The lowest BCUT2D eigenvalue weighted by atomic mass is 10.3. The Kier molecular flexibility index (Phi) is 4.57. The number of benzene rings is 2. The van der Waals surface area contributed by atoms with E-state index in [0.29, 0.717) is 16.0 Å². The van der Waals surface area contributed by atoms with E-state index in [1.54, 1.807) is 24.3 Å². The second kappa shape index (κ2) is 6.79. The van der Waals surface area contributed by atoms with Crippen LogP contribution in [0.25, 0.3) is 0 Å². The van der Waals surface area contributed by atoms with Crippen LogP contribution in [0.2, 0.25) is 0 Å². The Hall–Kier alpha value is -2.74. The molecular formula is C16H12BrF2N5. The summed E-state index contributed by atoms with van der Waals surface area (Å²) in [5.41, 5.74) is 7.09. The van der Waals surface area contributed by atoms with Crippen molar-refractivity contribution < 1.29 is 8.78 Å².